The van der Waals surface area contributed by atoms with E-state index < -0.39 is 0 Å². The van der Waals surface area contributed by atoms with E-state index in [1.165, 1.54) is 0 Å². The molecule has 20 heavy (non-hydrogen) atoms. The van der Waals surface area contributed by atoms with Gasteiger partial charge in [-0.2, -0.15) is 0 Å². The molecule has 0 aliphatic carbocycles. The molecule has 6 nitrogen and oxygen atoms in total. The second kappa shape index (κ2) is 6.28. The number of piperazine rings is 1. The first-order valence-corrected chi connectivity index (χ1v) is 7.03. The van der Waals surface area contributed by atoms with Crippen molar-refractivity contribution in [1.82, 2.24) is 9.88 Å². The van der Waals surface area contributed by atoms with Crippen LogP contribution in [0.25, 0.3) is 0 Å². The fourth-order valence-electron chi connectivity index (χ4n) is 2.35. The first-order valence-electron chi connectivity index (χ1n) is 6.66. The molecule has 1 aromatic heterocycles. The largest absolute Gasteiger partial charge is 0.409 e. The number of hydrogen-bond donors (Lipinski definition) is 2. The summed E-state index contributed by atoms with van der Waals surface area (Å²) in [6, 6.07) is 2.19. The van der Waals surface area contributed by atoms with Crippen molar-refractivity contribution in [2.24, 2.45) is 10.9 Å². The number of rotatable bonds is 3. The second-order valence-corrected chi connectivity index (χ2v) is 5.48. The highest BCUT2D eigenvalue weighted by molar-refractivity contribution is 6.36. The van der Waals surface area contributed by atoms with E-state index >= 15 is 0 Å². The smallest absolute Gasteiger partial charge is 0.171 e. The van der Waals surface area contributed by atoms with Crippen LogP contribution in [-0.4, -0.2) is 53.1 Å². The summed E-state index contributed by atoms with van der Waals surface area (Å²) in [5, 5.41) is 12.2. The van der Waals surface area contributed by atoms with Crippen molar-refractivity contribution >= 4 is 23.3 Å². The first-order chi connectivity index (χ1) is 9.54. The van der Waals surface area contributed by atoms with Crippen molar-refractivity contribution in [1.29, 1.82) is 0 Å². The Labute approximate surface area is 123 Å². The molecular weight excluding hydrogens is 278 g/mol. The summed E-state index contributed by atoms with van der Waals surface area (Å²) in [7, 11) is 0. The Morgan fingerprint density at radius 1 is 1.40 bits per heavy atom. The van der Waals surface area contributed by atoms with Gasteiger partial charge in [-0.05, 0) is 19.9 Å². The summed E-state index contributed by atoms with van der Waals surface area (Å²) < 4.78 is 0. The standard InChI is InChI=1S/C13H20ClN5O/c1-9(2)18-5-7-19(8-6-18)13-11(14)10(3-4-16-13)12(15)17-20/h3-4,9,20H,5-8H2,1-2H3,(H2,15,17). The maximum Gasteiger partial charge on any atom is 0.171 e. The van der Waals surface area contributed by atoms with Gasteiger partial charge < -0.3 is 15.8 Å². The number of pyridine rings is 1. The third-order valence-corrected chi connectivity index (χ3v) is 3.97. The molecule has 1 fully saturated rings. The highest BCUT2D eigenvalue weighted by atomic mass is 35.5. The summed E-state index contributed by atoms with van der Waals surface area (Å²) in [5.74, 6) is 0.693. The molecule has 0 saturated carbocycles. The number of nitrogens with two attached hydrogens (primary N) is 1. The highest BCUT2D eigenvalue weighted by Gasteiger charge is 2.22. The molecule has 7 heteroatoms. The van der Waals surface area contributed by atoms with E-state index in [2.05, 4.69) is 33.8 Å². The quantitative estimate of drug-likeness (QED) is 0.381. The van der Waals surface area contributed by atoms with Gasteiger partial charge in [-0.1, -0.05) is 16.8 Å². The number of aromatic nitrogens is 1. The number of amidine groups is 1. The molecule has 1 aliphatic rings. The van der Waals surface area contributed by atoms with Gasteiger partial charge >= 0.3 is 0 Å². The molecule has 2 heterocycles. The van der Waals surface area contributed by atoms with Crippen LogP contribution < -0.4 is 10.6 Å². The molecule has 3 N–H and O–H groups in total. The van der Waals surface area contributed by atoms with Crippen molar-refractivity contribution in [2.75, 3.05) is 31.1 Å². The van der Waals surface area contributed by atoms with Crippen molar-refractivity contribution in [2.45, 2.75) is 19.9 Å². The van der Waals surface area contributed by atoms with Crippen molar-refractivity contribution in [3.8, 4) is 0 Å². The van der Waals surface area contributed by atoms with E-state index in [4.69, 9.17) is 22.5 Å². The van der Waals surface area contributed by atoms with Crippen molar-refractivity contribution < 1.29 is 5.21 Å². The van der Waals surface area contributed by atoms with Crippen LogP contribution in [0.3, 0.4) is 0 Å². The molecule has 0 spiro atoms. The van der Waals surface area contributed by atoms with Gasteiger partial charge in [0, 0.05) is 44.0 Å². The molecule has 2 rings (SSSR count). The minimum Gasteiger partial charge on any atom is -0.409 e. The lowest BCUT2D eigenvalue weighted by molar-refractivity contribution is 0.209. The molecule has 0 aromatic carbocycles. The Morgan fingerprint density at radius 2 is 2.05 bits per heavy atom. The van der Waals surface area contributed by atoms with Gasteiger partial charge in [0.05, 0.1) is 5.02 Å². The number of halogens is 1. The van der Waals surface area contributed by atoms with E-state index in [1.807, 2.05) is 0 Å². The summed E-state index contributed by atoms with van der Waals surface area (Å²) in [5.41, 5.74) is 6.12. The lowest BCUT2D eigenvalue weighted by atomic mass is 10.2. The minimum absolute atomic E-state index is 0.000494. The molecule has 1 aromatic rings. The molecular formula is C13H20ClN5O. The maximum atomic E-state index is 8.77. The van der Waals surface area contributed by atoms with Crippen LogP contribution in [-0.2, 0) is 0 Å². The normalized spacial score (nSPS) is 17.8. The zero-order chi connectivity index (χ0) is 14.7. The summed E-state index contributed by atoms with van der Waals surface area (Å²) in [6.45, 7) is 8.07. The zero-order valence-electron chi connectivity index (χ0n) is 11.8. The summed E-state index contributed by atoms with van der Waals surface area (Å²) in [6.07, 6.45) is 1.63. The molecule has 1 aliphatic heterocycles. The van der Waals surface area contributed by atoms with Gasteiger partial charge in [0.1, 0.15) is 5.82 Å². The van der Waals surface area contributed by atoms with E-state index in [0.29, 0.717) is 22.4 Å². The molecule has 1 saturated heterocycles. The van der Waals surface area contributed by atoms with Gasteiger partial charge in [0.2, 0.25) is 0 Å². The van der Waals surface area contributed by atoms with Crippen LogP contribution >= 0.6 is 11.6 Å². The average molecular weight is 298 g/mol. The van der Waals surface area contributed by atoms with Crippen LogP contribution in [0, 0.1) is 0 Å². The van der Waals surface area contributed by atoms with E-state index in [-0.39, 0.29) is 5.84 Å². The number of anilines is 1. The number of hydrogen-bond acceptors (Lipinski definition) is 5. The van der Waals surface area contributed by atoms with E-state index in [1.54, 1.807) is 12.3 Å². The molecule has 110 valence electrons. The van der Waals surface area contributed by atoms with Gasteiger partial charge in [-0.25, -0.2) is 4.98 Å². The molecule has 0 bridgehead atoms. The molecule has 0 radical (unpaired) electrons. The number of nitrogens with zero attached hydrogens (tertiary/aromatic N) is 4. The Balaban J connectivity index is 2.19. The molecule has 0 amide bonds. The van der Waals surface area contributed by atoms with Gasteiger partial charge in [0.25, 0.3) is 0 Å². The van der Waals surface area contributed by atoms with Gasteiger partial charge in [0.15, 0.2) is 5.84 Å². The van der Waals surface area contributed by atoms with Gasteiger partial charge in [-0.15, -0.1) is 0 Å². The Kier molecular flexibility index (Phi) is 4.67. The fraction of sp³-hybridized carbons (Fsp3) is 0.538. The van der Waals surface area contributed by atoms with Crippen LogP contribution in [0.2, 0.25) is 5.02 Å². The SMILES string of the molecule is CC(C)N1CCN(c2nccc(/C(N)=N/O)c2Cl)CC1. The van der Waals surface area contributed by atoms with Crippen molar-refractivity contribution in [3.63, 3.8) is 0 Å². The van der Waals surface area contributed by atoms with Crippen LogP contribution in [0.5, 0.6) is 0 Å². The first kappa shape index (κ1) is 14.9. The molecule has 0 unspecified atom stereocenters. The third kappa shape index (κ3) is 2.96. The average Bonchev–Trinajstić information content (AvgIpc) is 2.47. The zero-order valence-corrected chi connectivity index (χ0v) is 12.5. The maximum absolute atomic E-state index is 8.77. The Morgan fingerprint density at radius 3 is 2.60 bits per heavy atom. The Bertz CT molecular complexity index is 498. The van der Waals surface area contributed by atoms with Crippen molar-refractivity contribution in [3.05, 3.63) is 22.8 Å². The fourth-order valence-corrected chi connectivity index (χ4v) is 2.68. The molecule has 0 atom stereocenters. The lowest BCUT2D eigenvalue weighted by Crippen LogP contribution is -2.49. The highest BCUT2D eigenvalue weighted by Crippen LogP contribution is 2.27. The monoisotopic (exact) mass is 297 g/mol. The summed E-state index contributed by atoms with van der Waals surface area (Å²) >= 11 is 6.32. The minimum atomic E-state index is -0.000494. The van der Waals surface area contributed by atoms with Crippen LogP contribution in [0.15, 0.2) is 17.4 Å². The predicted molar refractivity (Wildman–Crippen MR) is 80.7 cm³/mol. The van der Waals surface area contributed by atoms with Crippen LogP contribution in [0.1, 0.15) is 19.4 Å². The lowest BCUT2D eigenvalue weighted by Gasteiger charge is -2.37. The second-order valence-electron chi connectivity index (χ2n) is 5.10. The van der Waals surface area contributed by atoms with Gasteiger partial charge in [-0.3, -0.25) is 4.90 Å². The summed E-state index contributed by atoms with van der Waals surface area (Å²) in [4.78, 5) is 8.88. The predicted octanol–water partition coefficient (Wildman–Crippen LogP) is 1.36. The third-order valence-electron chi connectivity index (χ3n) is 3.60. The van der Waals surface area contributed by atoms with E-state index in [9.17, 15) is 0 Å². The topological polar surface area (TPSA) is 78.0 Å². The Hall–Kier alpha value is -1.53. The van der Waals surface area contributed by atoms with E-state index in [0.717, 1.165) is 26.2 Å². The number of oxime groups is 1. The van der Waals surface area contributed by atoms with Crippen LogP contribution in [0.4, 0.5) is 5.82 Å².